The van der Waals surface area contributed by atoms with Crippen LogP contribution in [0.3, 0.4) is 0 Å². The molecule has 7 heteroatoms. The maximum Gasteiger partial charge on any atom is 0.338 e. The van der Waals surface area contributed by atoms with Gasteiger partial charge in [-0.25, -0.2) is 9.18 Å². The fourth-order valence-electron chi connectivity index (χ4n) is 1.47. The first-order valence-electron chi connectivity index (χ1n) is 6.43. The zero-order valence-corrected chi connectivity index (χ0v) is 12.9. The Kier molecular flexibility index (Phi) is 6.02. The average molecular weight is 315 g/mol. The van der Waals surface area contributed by atoms with Gasteiger partial charge in [0.25, 0.3) is 0 Å². The number of aromatic carboxylic acids is 1. The molecule has 0 aliphatic carbocycles. The quantitative estimate of drug-likeness (QED) is 0.838. The van der Waals surface area contributed by atoms with E-state index >= 15 is 0 Å². The van der Waals surface area contributed by atoms with Crippen LogP contribution >= 0.6 is 0 Å². The van der Waals surface area contributed by atoms with E-state index in [1.807, 2.05) is 20.8 Å². The van der Waals surface area contributed by atoms with Gasteiger partial charge in [0.1, 0.15) is 11.6 Å². The monoisotopic (exact) mass is 315 g/mol. The smallest absolute Gasteiger partial charge is 0.338 e. The number of rotatable bonds is 6. The summed E-state index contributed by atoms with van der Waals surface area (Å²) in [6.07, 6.45) is 0. The predicted molar refractivity (Wildman–Crippen MR) is 77.1 cm³/mol. The van der Waals surface area contributed by atoms with Crippen LogP contribution in [0.2, 0.25) is 0 Å². The van der Waals surface area contributed by atoms with Crippen LogP contribution in [0.1, 0.15) is 31.1 Å². The van der Waals surface area contributed by atoms with Gasteiger partial charge in [-0.2, -0.15) is 0 Å². The van der Waals surface area contributed by atoms with Crippen LogP contribution in [0.15, 0.2) is 23.1 Å². The highest BCUT2D eigenvalue weighted by atomic mass is 32.2. The number of carbonyl (C=O) groups excluding carboxylic acids is 1. The number of amides is 1. The molecule has 1 aromatic rings. The Morgan fingerprint density at radius 3 is 2.48 bits per heavy atom. The van der Waals surface area contributed by atoms with Gasteiger partial charge in [-0.1, -0.05) is 13.8 Å². The number of halogens is 1. The molecule has 2 N–H and O–H groups in total. The van der Waals surface area contributed by atoms with Gasteiger partial charge in [0.05, 0.1) is 16.4 Å². The summed E-state index contributed by atoms with van der Waals surface area (Å²) in [7, 11) is -1.72. The number of carboxylic acid groups (broad SMARTS) is 1. The van der Waals surface area contributed by atoms with Gasteiger partial charge in [-0.05, 0) is 31.0 Å². The Morgan fingerprint density at radius 1 is 1.33 bits per heavy atom. The zero-order chi connectivity index (χ0) is 16.2. The van der Waals surface area contributed by atoms with E-state index in [4.69, 9.17) is 5.11 Å². The molecule has 0 fully saturated rings. The largest absolute Gasteiger partial charge is 0.478 e. The molecule has 5 nitrogen and oxygen atoms in total. The normalized spacial score (nSPS) is 13.8. The highest BCUT2D eigenvalue weighted by molar-refractivity contribution is 7.85. The fourth-order valence-corrected chi connectivity index (χ4v) is 2.43. The van der Waals surface area contributed by atoms with E-state index in [2.05, 4.69) is 5.32 Å². The van der Waals surface area contributed by atoms with E-state index in [1.54, 1.807) is 0 Å². The number of hydrogen-bond donors (Lipinski definition) is 2. The van der Waals surface area contributed by atoms with Crippen LogP contribution in [-0.4, -0.2) is 33.0 Å². The van der Waals surface area contributed by atoms with Crippen molar-refractivity contribution in [3.8, 4) is 0 Å². The van der Waals surface area contributed by atoms with E-state index in [0.717, 1.165) is 12.1 Å². The molecule has 0 radical (unpaired) electrons. The Hall–Kier alpha value is -1.76. The first-order valence-corrected chi connectivity index (χ1v) is 7.74. The third-order valence-electron chi connectivity index (χ3n) is 3.08. The van der Waals surface area contributed by atoms with Crippen molar-refractivity contribution in [2.24, 2.45) is 5.92 Å². The molecule has 1 amide bonds. The van der Waals surface area contributed by atoms with Crippen molar-refractivity contribution in [3.63, 3.8) is 0 Å². The standard InChI is InChI=1S/C14H18FNO4S/c1-8(2)9(3)16-13(17)7-21(20)10-4-5-12(15)11(6-10)14(18)19/h4-6,8-9H,7H2,1-3H3,(H,16,17)(H,18,19). The molecule has 2 atom stereocenters. The molecule has 0 aliphatic heterocycles. The summed E-state index contributed by atoms with van der Waals surface area (Å²) in [5.74, 6) is -2.78. The molecule has 0 aliphatic rings. The topological polar surface area (TPSA) is 83.5 Å². The van der Waals surface area contributed by atoms with E-state index in [9.17, 15) is 18.2 Å². The van der Waals surface area contributed by atoms with Crippen LogP contribution in [0.5, 0.6) is 0 Å². The highest BCUT2D eigenvalue weighted by Gasteiger charge is 2.17. The number of nitrogens with one attached hydrogen (secondary N) is 1. The van der Waals surface area contributed by atoms with Crippen LogP contribution in [0, 0.1) is 11.7 Å². The van der Waals surface area contributed by atoms with Gasteiger partial charge in [0, 0.05) is 10.9 Å². The van der Waals surface area contributed by atoms with Crippen LogP contribution in [-0.2, 0) is 15.6 Å². The Labute approximate surface area is 125 Å². The van der Waals surface area contributed by atoms with Crippen molar-refractivity contribution in [2.45, 2.75) is 31.7 Å². The third kappa shape index (κ3) is 4.93. The first kappa shape index (κ1) is 17.3. The fraction of sp³-hybridized carbons (Fsp3) is 0.429. The molecule has 0 saturated heterocycles. The minimum Gasteiger partial charge on any atom is -0.478 e. The number of hydrogen-bond acceptors (Lipinski definition) is 3. The molecule has 0 saturated carbocycles. The second kappa shape index (κ2) is 7.31. The molecule has 0 heterocycles. The van der Waals surface area contributed by atoms with Crippen molar-refractivity contribution < 1.29 is 23.3 Å². The Bertz CT molecular complexity index is 574. The first-order chi connectivity index (χ1) is 9.72. The minimum atomic E-state index is -1.72. The molecule has 116 valence electrons. The molecular formula is C14H18FNO4S. The SMILES string of the molecule is CC(C)C(C)NC(=O)CS(=O)c1ccc(F)c(C(=O)O)c1. The molecule has 0 bridgehead atoms. The average Bonchev–Trinajstić information content (AvgIpc) is 2.38. The summed E-state index contributed by atoms with van der Waals surface area (Å²) in [6, 6.07) is 3.09. The van der Waals surface area contributed by atoms with Gasteiger partial charge in [0.2, 0.25) is 5.91 Å². The number of carbonyl (C=O) groups is 2. The van der Waals surface area contributed by atoms with Crippen LogP contribution < -0.4 is 5.32 Å². The summed E-state index contributed by atoms with van der Waals surface area (Å²) in [5.41, 5.74) is -0.559. The van der Waals surface area contributed by atoms with Gasteiger partial charge in [-0.3, -0.25) is 9.00 Å². The zero-order valence-electron chi connectivity index (χ0n) is 12.1. The van der Waals surface area contributed by atoms with E-state index < -0.39 is 34.1 Å². The van der Waals surface area contributed by atoms with Crippen molar-refractivity contribution in [2.75, 3.05) is 5.75 Å². The molecule has 21 heavy (non-hydrogen) atoms. The van der Waals surface area contributed by atoms with Gasteiger partial charge < -0.3 is 10.4 Å². The summed E-state index contributed by atoms with van der Waals surface area (Å²) < 4.78 is 25.3. The maximum absolute atomic E-state index is 13.2. The maximum atomic E-state index is 13.2. The summed E-state index contributed by atoms with van der Waals surface area (Å²) >= 11 is 0. The van der Waals surface area contributed by atoms with Crippen molar-refractivity contribution in [1.82, 2.24) is 5.32 Å². The lowest BCUT2D eigenvalue weighted by Gasteiger charge is -2.17. The molecule has 0 aromatic heterocycles. The molecular weight excluding hydrogens is 297 g/mol. The molecule has 1 rings (SSSR count). The summed E-state index contributed by atoms with van der Waals surface area (Å²) in [4.78, 5) is 22.7. The van der Waals surface area contributed by atoms with Gasteiger partial charge in [0.15, 0.2) is 0 Å². The van der Waals surface area contributed by atoms with E-state index in [0.29, 0.717) is 0 Å². The summed E-state index contributed by atoms with van der Waals surface area (Å²) in [5, 5.41) is 11.5. The van der Waals surface area contributed by atoms with E-state index in [1.165, 1.54) is 6.07 Å². The number of benzene rings is 1. The molecule has 0 spiro atoms. The van der Waals surface area contributed by atoms with Gasteiger partial charge in [-0.15, -0.1) is 0 Å². The number of carboxylic acids is 1. The van der Waals surface area contributed by atoms with Crippen molar-refractivity contribution in [1.29, 1.82) is 0 Å². The lowest BCUT2D eigenvalue weighted by atomic mass is 10.1. The third-order valence-corrected chi connectivity index (χ3v) is 4.39. The van der Waals surface area contributed by atoms with Crippen molar-refractivity contribution >= 4 is 22.7 Å². The van der Waals surface area contributed by atoms with Crippen LogP contribution in [0.4, 0.5) is 4.39 Å². The lowest BCUT2D eigenvalue weighted by Crippen LogP contribution is -2.38. The lowest BCUT2D eigenvalue weighted by molar-refractivity contribution is -0.119. The van der Waals surface area contributed by atoms with Crippen LogP contribution in [0.25, 0.3) is 0 Å². The highest BCUT2D eigenvalue weighted by Crippen LogP contribution is 2.14. The molecule has 2 unspecified atom stereocenters. The second-order valence-corrected chi connectivity index (χ2v) is 6.49. The second-order valence-electron chi connectivity index (χ2n) is 5.04. The Morgan fingerprint density at radius 2 is 1.95 bits per heavy atom. The van der Waals surface area contributed by atoms with Crippen molar-refractivity contribution in [3.05, 3.63) is 29.6 Å². The summed E-state index contributed by atoms with van der Waals surface area (Å²) in [6.45, 7) is 5.73. The minimum absolute atomic E-state index is 0.0581. The molecule has 1 aromatic carbocycles. The van der Waals surface area contributed by atoms with E-state index in [-0.39, 0.29) is 22.6 Å². The predicted octanol–water partition coefficient (Wildman–Crippen LogP) is 1.79. The van der Waals surface area contributed by atoms with Gasteiger partial charge >= 0.3 is 5.97 Å². The Balaban J connectivity index is 2.78.